The molecule has 1 atom stereocenters. The SMILES string of the molecule is CCCCCC=CCC=CCCCCCCCCC(CCCCCCCCC=CCCCCCCCC)OC(=O)C1CCC(N(C)C)CC1. The molecule has 0 saturated heterocycles. The van der Waals surface area contributed by atoms with E-state index in [9.17, 15) is 4.79 Å². The molecule has 1 aliphatic rings. The Kier molecular flexibility index (Phi) is 32.7. The van der Waals surface area contributed by atoms with Gasteiger partial charge in [0.2, 0.25) is 0 Å². The Morgan fingerprint density at radius 3 is 1.35 bits per heavy atom. The first-order chi connectivity index (χ1) is 24.1. The largest absolute Gasteiger partial charge is 0.462 e. The molecule has 0 heterocycles. The number of ether oxygens (including phenoxy) is 1. The number of rotatable bonds is 34. The van der Waals surface area contributed by atoms with Crippen LogP contribution >= 0.6 is 0 Å². The summed E-state index contributed by atoms with van der Waals surface area (Å²) < 4.78 is 6.26. The lowest BCUT2D eigenvalue weighted by Gasteiger charge is -2.32. The molecule has 0 bridgehead atoms. The molecule has 1 fully saturated rings. The van der Waals surface area contributed by atoms with E-state index in [1.54, 1.807) is 0 Å². The van der Waals surface area contributed by atoms with Gasteiger partial charge in [0.25, 0.3) is 0 Å². The first-order valence-electron chi connectivity index (χ1n) is 21.9. The summed E-state index contributed by atoms with van der Waals surface area (Å²) >= 11 is 0. The maximum absolute atomic E-state index is 13.2. The van der Waals surface area contributed by atoms with Gasteiger partial charge in [-0.25, -0.2) is 0 Å². The molecule has 0 aromatic rings. The second kappa shape index (κ2) is 35.1. The van der Waals surface area contributed by atoms with Gasteiger partial charge in [-0.05, 0) is 123 Å². The van der Waals surface area contributed by atoms with Crippen molar-refractivity contribution in [3.05, 3.63) is 36.5 Å². The molecule has 1 rings (SSSR count). The summed E-state index contributed by atoms with van der Waals surface area (Å²) in [6.07, 6.45) is 54.7. The van der Waals surface area contributed by atoms with Crippen LogP contribution in [0.4, 0.5) is 0 Å². The van der Waals surface area contributed by atoms with Crippen LogP contribution < -0.4 is 0 Å². The summed E-state index contributed by atoms with van der Waals surface area (Å²) in [5, 5.41) is 0. The monoisotopic (exact) mass is 684 g/mol. The third kappa shape index (κ3) is 29.0. The summed E-state index contributed by atoms with van der Waals surface area (Å²) in [6.45, 7) is 4.55. The van der Waals surface area contributed by atoms with E-state index in [-0.39, 0.29) is 18.0 Å². The van der Waals surface area contributed by atoms with E-state index in [1.807, 2.05) is 0 Å². The topological polar surface area (TPSA) is 29.5 Å². The molecule has 0 aromatic carbocycles. The van der Waals surface area contributed by atoms with E-state index >= 15 is 0 Å². The zero-order valence-electron chi connectivity index (χ0n) is 33.6. The molecule has 0 spiro atoms. The van der Waals surface area contributed by atoms with Crippen LogP contribution in [0.15, 0.2) is 36.5 Å². The van der Waals surface area contributed by atoms with Gasteiger partial charge >= 0.3 is 5.97 Å². The zero-order valence-corrected chi connectivity index (χ0v) is 33.6. The minimum Gasteiger partial charge on any atom is -0.462 e. The maximum atomic E-state index is 13.2. The highest BCUT2D eigenvalue weighted by molar-refractivity contribution is 5.72. The summed E-state index contributed by atoms with van der Waals surface area (Å²) in [5.74, 6) is 0.223. The number of hydrogen-bond acceptors (Lipinski definition) is 3. The van der Waals surface area contributed by atoms with Gasteiger partial charge in [0.1, 0.15) is 6.10 Å². The molecule has 1 unspecified atom stereocenters. The van der Waals surface area contributed by atoms with Crippen LogP contribution in [0.25, 0.3) is 0 Å². The fraction of sp³-hybridized carbons (Fsp3) is 0.848. The summed E-state index contributed by atoms with van der Waals surface area (Å²) in [6, 6.07) is 0.624. The van der Waals surface area contributed by atoms with E-state index in [1.165, 1.54) is 161 Å². The Morgan fingerprint density at radius 1 is 0.531 bits per heavy atom. The Bertz CT molecular complexity index is 791. The van der Waals surface area contributed by atoms with Gasteiger partial charge in [0.15, 0.2) is 0 Å². The van der Waals surface area contributed by atoms with Gasteiger partial charge in [0.05, 0.1) is 5.92 Å². The average molecular weight is 684 g/mol. The van der Waals surface area contributed by atoms with Crippen LogP contribution in [0.3, 0.4) is 0 Å². The van der Waals surface area contributed by atoms with Crippen molar-refractivity contribution in [1.82, 2.24) is 4.90 Å². The molecule has 1 aliphatic carbocycles. The van der Waals surface area contributed by atoms with E-state index in [2.05, 4.69) is 69.3 Å². The molecule has 0 N–H and O–H groups in total. The normalized spacial score (nSPS) is 17.7. The third-order valence-corrected chi connectivity index (χ3v) is 10.8. The van der Waals surface area contributed by atoms with Crippen molar-refractivity contribution < 1.29 is 9.53 Å². The van der Waals surface area contributed by atoms with E-state index in [4.69, 9.17) is 4.74 Å². The van der Waals surface area contributed by atoms with Gasteiger partial charge in [-0.3, -0.25) is 4.79 Å². The maximum Gasteiger partial charge on any atom is 0.309 e. The number of esters is 1. The van der Waals surface area contributed by atoms with Gasteiger partial charge in [-0.2, -0.15) is 0 Å². The Labute approximate surface area is 307 Å². The molecule has 1 saturated carbocycles. The smallest absolute Gasteiger partial charge is 0.309 e. The molecular formula is C46H85NO2. The first kappa shape index (κ1) is 45.7. The predicted molar refractivity (Wildman–Crippen MR) is 217 cm³/mol. The lowest BCUT2D eigenvalue weighted by atomic mass is 9.85. The Morgan fingerprint density at radius 2 is 0.898 bits per heavy atom. The number of carbonyl (C=O) groups is 1. The molecule has 0 radical (unpaired) electrons. The molecule has 0 amide bonds. The van der Waals surface area contributed by atoms with Crippen molar-refractivity contribution in [2.75, 3.05) is 14.1 Å². The number of unbranched alkanes of at least 4 members (excludes halogenated alkanes) is 21. The van der Waals surface area contributed by atoms with Gasteiger partial charge in [-0.15, -0.1) is 0 Å². The predicted octanol–water partition coefficient (Wildman–Crippen LogP) is 14.6. The minimum atomic E-state index is 0.104. The Hall–Kier alpha value is -1.35. The fourth-order valence-corrected chi connectivity index (χ4v) is 7.33. The van der Waals surface area contributed by atoms with Crippen molar-refractivity contribution in [1.29, 1.82) is 0 Å². The minimum absolute atomic E-state index is 0.104. The number of nitrogens with zero attached hydrogens (tertiary/aromatic N) is 1. The lowest BCUT2D eigenvalue weighted by molar-refractivity contribution is -0.156. The average Bonchev–Trinajstić information content (AvgIpc) is 3.11. The van der Waals surface area contributed by atoms with Gasteiger partial charge in [-0.1, -0.05) is 147 Å². The van der Waals surface area contributed by atoms with Crippen LogP contribution in [-0.4, -0.2) is 37.1 Å². The number of carbonyl (C=O) groups excluding carboxylic acids is 1. The zero-order chi connectivity index (χ0) is 35.5. The number of hydrogen-bond donors (Lipinski definition) is 0. The molecule has 3 heteroatoms. The highest BCUT2D eigenvalue weighted by Gasteiger charge is 2.29. The third-order valence-electron chi connectivity index (χ3n) is 10.8. The van der Waals surface area contributed by atoms with Crippen LogP contribution in [-0.2, 0) is 9.53 Å². The highest BCUT2D eigenvalue weighted by Crippen LogP contribution is 2.29. The first-order valence-corrected chi connectivity index (χ1v) is 21.9. The number of allylic oxidation sites excluding steroid dienone is 6. The summed E-state index contributed by atoms with van der Waals surface area (Å²) in [7, 11) is 4.34. The van der Waals surface area contributed by atoms with Crippen molar-refractivity contribution >= 4 is 5.97 Å². The molecule has 286 valence electrons. The molecule has 0 aromatic heterocycles. The van der Waals surface area contributed by atoms with Gasteiger partial charge < -0.3 is 9.64 Å². The van der Waals surface area contributed by atoms with Crippen molar-refractivity contribution in [3.8, 4) is 0 Å². The molecular weight excluding hydrogens is 599 g/mol. The quantitative estimate of drug-likeness (QED) is 0.0384. The summed E-state index contributed by atoms with van der Waals surface area (Å²) in [5.41, 5.74) is 0. The Balaban J connectivity index is 2.21. The molecule has 3 nitrogen and oxygen atoms in total. The molecule has 0 aliphatic heterocycles. The van der Waals surface area contributed by atoms with Crippen molar-refractivity contribution in [3.63, 3.8) is 0 Å². The van der Waals surface area contributed by atoms with Crippen LogP contribution in [0.5, 0.6) is 0 Å². The highest BCUT2D eigenvalue weighted by atomic mass is 16.5. The van der Waals surface area contributed by atoms with Crippen LogP contribution in [0.2, 0.25) is 0 Å². The van der Waals surface area contributed by atoms with Crippen molar-refractivity contribution in [2.45, 2.75) is 231 Å². The van der Waals surface area contributed by atoms with Gasteiger partial charge in [0, 0.05) is 6.04 Å². The standard InChI is InChI=1S/C46H85NO2/c1-5-7-9-11-13-15-17-19-21-23-25-27-29-31-33-35-37-45(49-46(48)43-39-41-44(42-40-43)47(3)4)38-36-34-32-30-28-26-24-22-20-18-16-14-12-10-8-6-2/h13,15,19-22,43-45H,5-12,14,16-18,23-42H2,1-4H3. The van der Waals surface area contributed by atoms with Crippen molar-refractivity contribution in [2.24, 2.45) is 5.92 Å². The second-order valence-corrected chi connectivity index (χ2v) is 15.6. The second-order valence-electron chi connectivity index (χ2n) is 15.6. The fourth-order valence-electron chi connectivity index (χ4n) is 7.33. The van der Waals surface area contributed by atoms with Crippen LogP contribution in [0, 0.1) is 5.92 Å². The lowest BCUT2D eigenvalue weighted by Crippen LogP contribution is -2.35. The molecule has 49 heavy (non-hydrogen) atoms. The summed E-state index contributed by atoms with van der Waals surface area (Å²) in [4.78, 5) is 15.5. The van der Waals surface area contributed by atoms with Crippen LogP contribution in [0.1, 0.15) is 219 Å². The van der Waals surface area contributed by atoms with E-state index in [0.29, 0.717) is 6.04 Å². The van der Waals surface area contributed by atoms with E-state index in [0.717, 1.165) is 44.9 Å². The van der Waals surface area contributed by atoms with E-state index < -0.39 is 0 Å².